The van der Waals surface area contributed by atoms with E-state index < -0.39 is 0 Å². The molecule has 2 nitrogen and oxygen atoms in total. The van der Waals surface area contributed by atoms with E-state index >= 15 is 0 Å². The molecule has 0 unspecified atom stereocenters. The van der Waals surface area contributed by atoms with Gasteiger partial charge in [0.05, 0.1) is 22.4 Å². The second-order valence-corrected chi connectivity index (χ2v) is 11.0. The summed E-state index contributed by atoms with van der Waals surface area (Å²) in [4.78, 5) is 9.76. The third-order valence-electron chi connectivity index (χ3n) is 3.01. The van der Waals surface area contributed by atoms with E-state index in [9.17, 15) is 0 Å². The van der Waals surface area contributed by atoms with Crippen molar-refractivity contribution in [3.05, 3.63) is 35.7 Å². The molecule has 1 aromatic heterocycles. The van der Waals surface area contributed by atoms with E-state index in [2.05, 4.69) is 41.5 Å². The molecule has 0 saturated heterocycles. The summed E-state index contributed by atoms with van der Waals surface area (Å²) >= 11 is 3.86. The lowest BCUT2D eigenvalue weighted by molar-refractivity contribution is 0.798. The SMILES string of the molecule is CC(C)(C)SCc1nc2ccccc2nc1CSC(C)(C)C. The molecule has 0 aliphatic carbocycles. The van der Waals surface area contributed by atoms with Crippen molar-refractivity contribution in [3.8, 4) is 0 Å². The second kappa shape index (κ2) is 6.79. The van der Waals surface area contributed by atoms with Crippen LogP contribution in [0.3, 0.4) is 0 Å². The zero-order chi connectivity index (χ0) is 16.4. The highest BCUT2D eigenvalue weighted by molar-refractivity contribution is 8.00. The van der Waals surface area contributed by atoms with Crippen LogP contribution in [0.1, 0.15) is 52.9 Å². The molecular formula is C18H26N2S2. The lowest BCUT2D eigenvalue weighted by Crippen LogP contribution is -2.11. The smallest absolute Gasteiger partial charge is 0.0890 e. The van der Waals surface area contributed by atoms with Crippen molar-refractivity contribution in [2.45, 2.75) is 62.5 Å². The Morgan fingerprint density at radius 2 is 1.09 bits per heavy atom. The van der Waals surface area contributed by atoms with E-state index in [1.807, 2.05) is 47.8 Å². The fraction of sp³-hybridized carbons (Fsp3) is 0.556. The number of hydrogen-bond donors (Lipinski definition) is 0. The highest BCUT2D eigenvalue weighted by Crippen LogP contribution is 2.31. The van der Waals surface area contributed by atoms with Gasteiger partial charge in [-0.3, -0.25) is 0 Å². The maximum absolute atomic E-state index is 4.88. The molecule has 2 rings (SSSR count). The Morgan fingerprint density at radius 1 is 0.727 bits per heavy atom. The lowest BCUT2D eigenvalue weighted by Gasteiger charge is -2.20. The van der Waals surface area contributed by atoms with Gasteiger partial charge < -0.3 is 0 Å². The van der Waals surface area contributed by atoms with Gasteiger partial charge in [-0.25, -0.2) is 9.97 Å². The summed E-state index contributed by atoms with van der Waals surface area (Å²) in [6, 6.07) is 8.16. The van der Waals surface area contributed by atoms with Crippen LogP contribution in [0.4, 0.5) is 0 Å². The first kappa shape index (κ1) is 17.6. The summed E-state index contributed by atoms with van der Waals surface area (Å²) in [5.41, 5.74) is 4.26. The summed E-state index contributed by atoms with van der Waals surface area (Å²) in [5.74, 6) is 1.84. The quantitative estimate of drug-likeness (QED) is 0.717. The third-order valence-corrected chi connectivity index (χ3v) is 5.58. The molecule has 1 heterocycles. The summed E-state index contributed by atoms with van der Waals surface area (Å²) in [5, 5.41) is 0. The fourth-order valence-corrected chi connectivity index (χ4v) is 3.48. The summed E-state index contributed by atoms with van der Waals surface area (Å²) < 4.78 is 0.476. The maximum Gasteiger partial charge on any atom is 0.0890 e. The number of rotatable bonds is 4. The van der Waals surface area contributed by atoms with E-state index in [1.54, 1.807) is 0 Å². The summed E-state index contributed by atoms with van der Waals surface area (Å²) in [7, 11) is 0. The molecule has 0 saturated carbocycles. The number of aromatic nitrogens is 2. The predicted octanol–water partition coefficient (Wildman–Crippen LogP) is 5.69. The monoisotopic (exact) mass is 334 g/mol. The van der Waals surface area contributed by atoms with E-state index in [1.165, 1.54) is 0 Å². The Balaban J connectivity index is 2.32. The van der Waals surface area contributed by atoms with Crippen LogP contribution in [0.5, 0.6) is 0 Å². The number of para-hydroxylation sites is 2. The molecule has 0 aliphatic rings. The lowest BCUT2D eigenvalue weighted by atomic mass is 10.2. The summed E-state index contributed by atoms with van der Waals surface area (Å²) in [6.45, 7) is 13.5. The zero-order valence-corrected chi connectivity index (χ0v) is 16.1. The van der Waals surface area contributed by atoms with E-state index in [0.29, 0.717) is 0 Å². The van der Waals surface area contributed by atoms with Gasteiger partial charge in [0.2, 0.25) is 0 Å². The molecule has 4 heteroatoms. The molecule has 22 heavy (non-hydrogen) atoms. The van der Waals surface area contributed by atoms with Crippen LogP contribution in [-0.4, -0.2) is 19.5 Å². The van der Waals surface area contributed by atoms with Crippen LogP contribution < -0.4 is 0 Å². The normalized spacial score (nSPS) is 12.8. The van der Waals surface area contributed by atoms with Gasteiger partial charge in [0, 0.05) is 21.0 Å². The zero-order valence-electron chi connectivity index (χ0n) is 14.4. The Hall–Kier alpha value is -0.740. The highest BCUT2D eigenvalue weighted by atomic mass is 32.2. The van der Waals surface area contributed by atoms with E-state index in [4.69, 9.17) is 9.97 Å². The molecule has 0 bridgehead atoms. The van der Waals surface area contributed by atoms with Crippen molar-refractivity contribution in [1.82, 2.24) is 9.97 Å². The Bertz CT molecular complexity index is 583. The number of nitrogens with zero attached hydrogens (tertiary/aromatic N) is 2. The van der Waals surface area contributed by atoms with E-state index in [0.717, 1.165) is 33.9 Å². The fourth-order valence-electron chi connectivity index (χ4n) is 1.87. The van der Waals surface area contributed by atoms with Gasteiger partial charge in [-0.2, -0.15) is 0 Å². The van der Waals surface area contributed by atoms with Gasteiger partial charge in [0.25, 0.3) is 0 Å². The van der Waals surface area contributed by atoms with Crippen molar-refractivity contribution < 1.29 is 0 Å². The van der Waals surface area contributed by atoms with Crippen LogP contribution in [-0.2, 0) is 11.5 Å². The molecule has 120 valence electrons. The molecule has 0 N–H and O–H groups in total. The van der Waals surface area contributed by atoms with Crippen molar-refractivity contribution in [2.24, 2.45) is 0 Å². The van der Waals surface area contributed by atoms with Crippen molar-refractivity contribution >= 4 is 34.6 Å². The standard InChI is InChI=1S/C18H26N2S2/c1-17(2,3)21-11-15-16(12-22-18(4,5)6)20-14-10-8-7-9-13(14)19-15/h7-10H,11-12H2,1-6H3. The first-order valence-electron chi connectivity index (χ1n) is 7.66. The van der Waals surface area contributed by atoms with E-state index in [-0.39, 0.29) is 9.49 Å². The highest BCUT2D eigenvalue weighted by Gasteiger charge is 2.17. The van der Waals surface area contributed by atoms with Crippen molar-refractivity contribution in [3.63, 3.8) is 0 Å². The minimum Gasteiger partial charge on any atom is -0.248 e. The molecular weight excluding hydrogens is 308 g/mol. The van der Waals surface area contributed by atoms with Gasteiger partial charge in [0.15, 0.2) is 0 Å². The average Bonchev–Trinajstić information content (AvgIpc) is 2.40. The Labute approximate surface area is 142 Å². The topological polar surface area (TPSA) is 25.8 Å². The second-order valence-electron chi connectivity index (χ2n) is 7.41. The number of thioether (sulfide) groups is 2. The first-order valence-corrected chi connectivity index (χ1v) is 9.64. The molecule has 0 radical (unpaired) electrons. The van der Waals surface area contributed by atoms with Gasteiger partial charge in [-0.1, -0.05) is 53.7 Å². The van der Waals surface area contributed by atoms with Crippen molar-refractivity contribution in [1.29, 1.82) is 0 Å². The average molecular weight is 335 g/mol. The van der Waals surface area contributed by atoms with Crippen molar-refractivity contribution in [2.75, 3.05) is 0 Å². The predicted molar refractivity (Wildman–Crippen MR) is 102 cm³/mol. The minimum absolute atomic E-state index is 0.238. The van der Waals surface area contributed by atoms with Crippen LogP contribution >= 0.6 is 23.5 Å². The molecule has 0 spiro atoms. The van der Waals surface area contributed by atoms with Gasteiger partial charge >= 0.3 is 0 Å². The summed E-state index contributed by atoms with van der Waals surface area (Å²) in [6.07, 6.45) is 0. The third kappa shape index (κ3) is 5.47. The largest absolute Gasteiger partial charge is 0.248 e. The molecule has 2 aromatic rings. The van der Waals surface area contributed by atoms with Crippen LogP contribution in [0.2, 0.25) is 0 Å². The molecule has 1 aromatic carbocycles. The Morgan fingerprint density at radius 3 is 1.41 bits per heavy atom. The van der Waals surface area contributed by atoms with Gasteiger partial charge in [0.1, 0.15) is 0 Å². The number of fused-ring (bicyclic) bond motifs is 1. The van der Waals surface area contributed by atoms with Gasteiger partial charge in [-0.05, 0) is 12.1 Å². The first-order chi connectivity index (χ1) is 10.1. The molecule has 0 fully saturated rings. The molecule has 0 amide bonds. The number of benzene rings is 1. The molecule has 0 atom stereocenters. The van der Waals surface area contributed by atoms with Gasteiger partial charge in [-0.15, -0.1) is 23.5 Å². The van der Waals surface area contributed by atoms with Crippen LogP contribution in [0.15, 0.2) is 24.3 Å². The minimum atomic E-state index is 0.238. The number of hydrogen-bond acceptors (Lipinski definition) is 4. The Kier molecular flexibility index (Phi) is 5.44. The van der Waals surface area contributed by atoms with Crippen LogP contribution in [0.25, 0.3) is 11.0 Å². The molecule has 0 aliphatic heterocycles. The van der Waals surface area contributed by atoms with Crippen LogP contribution in [0, 0.1) is 0 Å². The maximum atomic E-state index is 4.88.